The van der Waals surface area contributed by atoms with E-state index in [-0.39, 0.29) is 17.7 Å². The van der Waals surface area contributed by atoms with Crippen molar-refractivity contribution in [2.24, 2.45) is 5.92 Å². The molecule has 3 rings (SSSR count). The first kappa shape index (κ1) is 17.6. The van der Waals surface area contributed by atoms with Crippen LogP contribution in [0.15, 0.2) is 10.6 Å². The molecule has 1 aliphatic heterocycles. The summed E-state index contributed by atoms with van der Waals surface area (Å²) in [6.45, 7) is 6.91. The molecule has 0 aliphatic carbocycles. The van der Waals surface area contributed by atoms with Gasteiger partial charge in [-0.1, -0.05) is 5.16 Å². The van der Waals surface area contributed by atoms with E-state index < -0.39 is 0 Å². The number of hydrogen-bond acceptors (Lipinski definition) is 6. The molecule has 0 radical (unpaired) electrons. The molecule has 0 saturated carbocycles. The fraction of sp³-hybridized carbons (Fsp3) is 0.529. The number of likely N-dealkylation sites (tertiary alicyclic amines) is 1. The van der Waals surface area contributed by atoms with Crippen LogP contribution in [0.4, 0.5) is 5.82 Å². The fourth-order valence-electron chi connectivity index (χ4n) is 3.04. The molecule has 8 heteroatoms. The van der Waals surface area contributed by atoms with Crippen molar-refractivity contribution in [3.05, 3.63) is 27.4 Å². The molecule has 1 fully saturated rings. The number of anilines is 1. The van der Waals surface area contributed by atoms with Gasteiger partial charge in [0.25, 0.3) is 0 Å². The number of amides is 2. The number of carbonyl (C=O) groups excluding carboxylic acids is 2. The minimum atomic E-state index is -0.107. The van der Waals surface area contributed by atoms with Crippen LogP contribution in [0.25, 0.3) is 0 Å². The third kappa shape index (κ3) is 4.25. The molecule has 2 aromatic rings. The zero-order chi connectivity index (χ0) is 18.0. The first-order valence-electron chi connectivity index (χ1n) is 8.37. The smallest absolute Gasteiger partial charge is 0.228 e. The number of nitrogens with one attached hydrogen (secondary N) is 1. The summed E-state index contributed by atoms with van der Waals surface area (Å²) in [5, 5.41) is 7.53. The second-order valence-electron chi connectivity index (χ2n) is 6.38. The van der Waals surface area contributed by atoms with Crippen LogP contribution in [0, 0.1) is 26.7 Å². The van der Waals surface area contributed by atoms with Crippen molar-refractivity contribution >= 4 is 29.0 Å². The van der Waals surface area contributed by atoms with Crippen LogP contribution >= 0.6 is 11.3 Å². The molecular weight excluding hydrogens is 340 g/mol. The fourth-order valence-corrected chi connectivity index (χ4v) is 3.87. The molecule has 2 amide bonds. The lowest BCUT2D eigenvalue weighted by atomic mass is 9.95. The highest BCUT2D eigenvalue weighted by Crippen LogP contribution is 2.22. The number of rotatable bonds is 4. The molecule has 7 nitrogen and oxygen atoms in total. The molecule has 1 N–H and O–H groups in total. The van der Waals surface area contributed by atoms with Gasteiger partial charge in [-0.15, -0.1) is 11.3 Å². The molecule has 134 valence electrons. The Balaban J connectivity index is 1.50. The number of hydrogen-bond donors (Lipinski definition) is 1. The molecule has 1 aliphatic rings. The van der Waals surface area contributed by atoms with Crippen LogP contribution in [0.2, 0.25) is 0 Å². The lowest BCUT2D eigenvalue weighted by Gasteiger charge is -2.31. The number of thiazole rings is 1. The molecule has 0 spiro atoms. The normalized spacial score (nSPS) is 15.4. The van der Waals surface area contributed by atoms with Crippen LogP contribution in [-0.2, 0) is 16.0 Å². The zero-order valence-corrected chi connectivity index (χ0v) is 15.5. The Labute approximate surface area is 150 Å². The molecule has 25 heavy (non-hydrogen) atoms. The Bertz CT molecular complexity index is 775. The van der Waals surface area contributed by atoms with Gasteiger partial charge in [0, 0.05) is 30.0 Å². The summed E-state index contributed by atoms with van der Waals surface area (Å²) in [5.41, 5.74) is 0.869. The predicted molar refractivity (Wildman–Crippen MR) is 94.5 cm³/mol. The van der Waals surface area contributed by atoms with Crippen LogP contribution in [-0.4, -0.2) is 39.9 Å². The maximum absolute atomic E-state index is 12.5. The van der Waals surface area contributed by atoms with Gasteiger partial charge in [0.2, 0.25) is 11.8 Å². The maximum atomic E-state index is 12.5. The number of piperidine rings is 1. The van der Waals surface area contributed by atoms with Gasteiger partial charge in [0.1, 0.15) is 5.76 Å². The van der Waals surface area contributed by atoms with Crippen molar-refractivity contribution in [1.82, 2.24) is 15.0 Å². The molecular formula is C17H22N4O3S. The SMILES string of the molecule is Cc1cc(NC(=O)C2CCN(C(=O)Cc3nc(C)sc3C)CC2)no1. The second-order valence-corrected chi connectivity index (χ2v) is 7.79. The van der Waals surface area contributed by atoms with Gasteiger partial charge in [0.05, 0.1) is 17.1 Å². The first-order chi connectivity index (χ1) is 11.9. The van der Waals surface area contributed by atoms with E-state index in [1.54, 1.807) is 24.3 Å². The van der Waals surface area contributed by atoms with Crippen molar-refractivity contribution in [2.75, 3.05) is 18.4 Å². The number of aromatic nitrogens is 2. The van der Waals surface area contributed by atoms with Gasteiger partial charge in [0.15, 0.2) is 5.82 Å². The topological polar surface area (TPSA) is 88.3 Å². The van der Waals surface area contributed by atoms with Crippen molar-refractivity contribution in [1.29, 1.82) is 0 Å². The van der Waals surface area contributed by atoms with Crippen LogP contribution in [0.5, 0.6) is 0 Å². The van der Waals surface area contributed by atoms with Crippen molar-refractivity contribution < 1.29 is 14.1 Å². The lowest BCUT2D eigenvalue weighted by molar-refractivity contribution is -0.133. The Morgan fingerprint density at radius 2 is 2.04 bits per heavy atom. The monoisotopic (exact) mass is 362 g/mol. The summed E-state index contributed by atoms with van der Waals surface area (Å²) < 4.78 is 4.95. The minimum Gasteiger partial charge on any atom is -0.360 e. The number of aryl methyl sites for hydroxylation is 3. The third-order valence-electron chi connectivity index (χ3n) is 4.42. The standard InChI is InChI=1S/C17H22N4O3S/c1-10-8-15(20-24-10)19-17(23)13-4-6-21(7-5-13)16(22)9-14-11(2)25-12(3)18-14/h8,13H,4-7,9H2,1-3H3,(H,19,20,23). The van der Waals surface area contributed by atoms with E-state index in [9.17, 15) is 9.59 Å². The summed E-state index contributed by atoms with van der Waals surface area (Å²) in [7, 11) is 0. The van der Waals surface area contributed by atoms with Gasteiger partial charge < -0.3 is 14.7 Å². The molecule has 2 aromatic heterocycles. The van der Waals surface area contributed by atoms with Gasteiger partial charge >= 0.3 is 0 Å². The number of nitrogens with zero attached hydrogens (tertiary/aromatic N) is 3. The summed E-state index contributed by atoms with van der Waals surface area (Å²) in [6, 6.07) is 1.69. The molecule has 0 atom stereocenters. The van der Waals surface area contributed by atoms with E-state index in [4.69, 9.17) is 4.52 Å². The Morgan fingerprint density at radius 1 is 1.32 bits per heavy atom. The Morgan fingerprint density at radius 3 is 2.60 bits per heavy atom. The van der Waals surface area contributed by atoms with Crippen LogP contribution in [0.3, 0.4) is 0 Å². The van der Waals surface area contributed by atoms with E-state index in [2.05, 4.69) is 15.5 Å². The highest BCUT2D eigenvalue weighted by molar-refractivity contribution is 7.11. The van der Waals surface area contributed by atoms with Crippen LogP contribution in [0.1, 0.15) is 34.2 Å². The zero-order valence-electron chi connectivity index (χ0n) is 14.7. The van der Waals surface area contributed by atoms with Crippen LogP contribution < -0.4 is 5.32 Å². The van der Waals surface area contributed by atoms with E-state index in [1.807, 2.05) is 18.7 Å². The van der Waals surface area contributed by atoms with Gasteiger partial charge in [-0.25, -0.2) is 4.98 Å². The van der Waals surface area contributed by atoms with E-state index in [0.717, 1.165) is 15.6 Å². The van der Waals surface area contributed by atoms with E-state index >= 15 is 0 Å². The molecule has 0 unspecified atom stereocenters. The minimum absolute atomic E-state index is 0.0635. The molecule has 1 saturated heterocycles. The first-order valence-corrected chi connectivity index (χ1v) is 9.19. The summed E-state index contributed by atoms with van der Waals surface area (Å²) in [6.07, 6.45) is 1.65. The van der Waals surface area contributed by atoms with E-state index in [1.165, 1.54) is 0 Å². The molecule has 3 heterocycles. The Kier molecular flexibility index (Phi) is 5.17. The Hall–Kier alpha value is -2.22. The van der Waals surface area contributed by atoms with E-state index in [0.29, 0.717) is 43.9 Å². The molecule has 0 bridgehead atoms. The molecule has 0 aromatic carbocycles. The third-order valence-corrected chi connectivity index (χ3v) is 5.34. The van der Waals surface area contributed by atoms with Crippen molar-refractivity contribution in [3.8, 4) is 0 Å². The second kappa shape index (κ2) is 7.35. The lowest BCUT2D eigenvalue weighted by Crippen LogP contribution is -2.42. The maximum Gasteiger partial charge on any atom is 0.228 e. The summed E-state index contributed by atoms with van der Waals surface area (Å²) >= 11 is 1.62. The van der Waals surface area contributed by atoms with Gasteiger partial charge in [-0.05, 0) is 33.6 Å². The van der Waals surface area contributed by atoms with Crippen molar-refractivity contribution in [2.45, 2.75) is 40.0 Å². The average Bonchev–Trinajstić information content (AvgIpc) is 3.12. The largest absolute Gasteiger partial charge is 0.360 e. The van der Waals surface area contributed by atoms with Crippen molar-refractivity contribution in [3.63, 3.8) is 0 Å². The number of carbonyl (C=O) groups is 2. The predicted octanol–water partition coefficient (Wildman–Crippen LogP) is 2.48. The highest BCUT2D eigenvalue weighted by Gasteiger charge is 2.28. The average molecular weight is 362 g/mol. The van der Waals surface area contributed by atoms with Gasteiger partial charge in [-0.3, -0.25) is 9.59 Å². The quantitative estimate of drug-likeness (QED) is 0.903. The van der Waals surface area contributed by atoms with Gasteiger partial charge in [-0.2, -0.15) is 0 Å². The summed E-state index contributed by atoms with van der Waals surface area (Å²) in [5.74, 6) is 1.01. The highest BCUT2D eigenvalue weighted by atomic mass is 32.1. The summed E-state index contributed by atoms with van der Waals surface area (Å²) in [4.78, 5) is 32.1.